The maximum Gasteiger partial charge on any atom is 0.142 e. The van der Waals surface area contributed by atoms with E-state index in [1.165, 1.54) is 0 Å². The molecule has 0 spiro atoms. The zero-order chi connectivity index (χ0) is 10.6. The van der Waals surface area contributed by atoms with Crippen LogP contribution in [0.2, 0.25) is 0 Å². The maximum absolute atomic E-state index is 9.71. The highest BCUT2D eigenvalue weighted by atomic mass is 16.5. The summed E-state index contributed by atoms with van der Waals surface area (Å²) in [7, 11) is 1.55. The second kappa shape index (κ2) is 4.83. The van der Waals surface area contributed by atoms with Crippen LogP contribution in [-0.4, -0.2) is 18.8 Å². The van der Waals surface area contributed by atoms with Crippen molar-refractivity contribution >= 4 is 5.69 Å². The Hall–Kier alpha value is -1.26. The molecule has 0 radical (unpaired) electrons. The van der Waals surface area contributed by atoms with Crippen molar-refractivity contribution < 1.29 is 9.84 Å². The molecule has 4 heteroatoms. The molecular formula is C10H16N2O2. The molecule has 0 fully saturated rings. The second-order valence-electron chi connectivity index (χ2n) is 3.06. The number of methoxy groups -OCH3 is 1. The molecule has 1 rings (SSSR count). The minimum absolute atomic E-state index is 0.428. The van der Waals surface area contributed by atoms with E-state index in [1.54, 1.807) is 25.3 Å². The van der Waals surface area contributed by atoms with Gasteiger partial charge in [-0.3, -0.25) is 0 Å². The van der Waals surface area contributed by atoms with Crippen molar-refractivity contribution in [1.29, 1.82) is 0 Å². The van der Waals surface area contributed by atoms with E-state index in [9.17, 15) is 5.11 Å². The minimum Gasteiger partial charge on any atom is -0.495 e. The fourth-order valence-electron chi connectivity index (χ4n) is 1.34. The van der Waals surface area contributed by atoms with Crippen LogP contribution in [-0.2, 0) is 0 Å². The topological polar surface area (TPSA) is 81.5 Å². The number of rotatable bonds is 4. The van der Waals surface area contributed by atoms with E-state index < -0.39 is 6.10 Å². The number of benzene rings is 1. The first-order valence-corrected chi connectivity index (χ1v) is 4.51. The summed E-state index contributed by atoms with van der Waals surface area (Å²) in [5.74, 6) is 0.582. The van der Waals surface area contributed by atoms with Gasteiger partial charge in [0.1, 0.15) is 5.75 Å². The van der Waals surface area contributed by atoms with Gasteiger partial charge in [-0.15, -0.1) is 0 Å². The third-order valence-electron chi connectivity index (χ3n) is 2.12. The maximum atomic E-state index is 9.71. The molecule has 0 aliphatic rings. The predicted molar refractivity (Wildman–Crippen MR) is 56.0 cm³/mol. The van der Waals surface area contributed by atoms with Crippen molar-refractivity contribution in [2.75, 3.05) is 19.4 Å². The van der Waals surface area contributed by atoms with Gasteiger partial charge in [0.15, 0.2) is 0 Å². The van der Waals surface area contributed by atoms with E-state index in [0.29, 0.717) is 30.0 Å². The Balaban J connectivity index is 2.96. The Morgan fingerprint density at radius 2 is 2.21 bits per heavy atom. The summed E-state index contributed by atoms with van der Waals surface area (Å²) >= 11 is 0. The van der Waals surface area contributed by atoms with E-state index in [1.807, 2.05) is 0 Å². The lowest BCUT2D eigenvalue weighted by Crippen LogP contribution is -2.09. The normalized spacial score (nSPS) is 12.5. The van der Waals surface area contributed by atoms with Crippen LogP contribution in [0.1, 0.15) is 18.1 Å². The number of ether oxygens (including phenoxy) is 1. The van der Waals surface area contributed by atoms with Gasteiger partial charge in [0, 0.05) is 5.56 Å². The number of hydrogen-bond acceptors (Lipinski definition) is 4. The van der Waals surface area contributed by atoms with E-state index in [4.69, 9.17) is 16.2 Å². The molecule has 14 heavy (non-hydrogen) atoms. The monoisotopic (exact) mass is 196 g/mol. The van der Waals surface area contributed by atoms with Crippen molar-refractivity contribution in [3.63, 3.8) is 0 Å². The first-order chi connectivity index (χ1) is 6.70. The first kappa shape index (κ1) is 10.8. The van der Waals surface area contributed by atoms with E-state index in [2.05, 4.69) is 0 Å². The largest absolute Gasteiger partial charge is 0.495 e. The van der Waals surface area contributed by atoms with Crippen molar-refractivity contribution in [1.82, 2.24) is 0 Å². The van der Waals surface area contributed by atoms with Crippen LogP contribution >= 0.6 is 0 Å². The van der Waals surface area contributed by atoms with Gasteiger partial charge in [0.25, 0.3) is 0 Å². The molecule has 1 atom stereocenters. The van der Waals surface area contributed by atoms with E-state index in [-0.39, 0.29) is 0 Å². The lowest BCUT2D eigenvalue weighted by atomic mass is 10.0. The van der Waals surface area contributed by atoms with Crippen LogP contribution in [0.15, 0.2) is 18.2 Å². The zero-order valence-electron chi connectivity index (χ0n) is 8.23. The number of para-hydroxylation sites is 1. The number of hydrogen-bond donors (Lipinski definition) is 3. The minimum atomic E-state index is -0.616. The molecule has 0 saturated heterocycles. The van der Waals surface area contributed by atoms with E-state index in [0.717, 1.165) is 0 Å². The summed E-state index contributed by atoms with van der Waals surface area (Å²) < 4.78 is 5.05. The Labute approximate surface area is 83.5 Å². The van der Waals surface area contributed by atoms with Crippen LogP contribution in [0, 0.1) is 0 Å². The van der Waals surface area contributed by atoms with Gasteiger partial charge in [-0.05, 0) is 19.0 Å². The Bertz CT molecular complexity index is 302. The highest BCUT2D eigenvalue weighted by Crippen LogP contribution is 2.30. The number of aliphatic hydroxyl groups is 1. The lowest BCUT2D eigenvalue weighted by Gasteiger charge is -2.14. The Morgan fingerprint density at radius 1 is 1.50 bits per heavy atom. The van der Waals surface area contributed by atoms with Gasteiger partial charge in [-0.1, -0.05) is 12.1 Å². The van der Waals surface area contributed by atoms with Gasteiger partial charge in [0.2, 0.25) is 0 Å². The molecule has 0 aliphatic heterocycles. The zero-order valence-corrected chi connectivity index (χ0v) is 8.23. The molecule has 0 amide bonds. The molecule has 0 heterocycles. The predicted octanol–water partition coefficient (Wildman–Crippen LogP) is 0.660. The van der Waals surface area contributed by atoms with Crippen LogP contribution in [0.5, 0.6) is 5.75 Å². The summed E-state index contributed by atoms with van der Waals surface area (Å²) in [6, 6.07) is 5.33. The Morgan fingerprint density at radius 3 is 2.79 bits per heavy atom. The fraction of sp³-hybridized carbons (Fsp3) is 0.400. The molecule has 1 unspecified atom stereocenters. The molecule has 4 nitrogen and oxygen atoms in total. The molecule has 78 valence electrons. The lowest BCUT2D eigenvalue weighted by molar-refractivity contribution is 0.171. The smallest absolute Gasteiger partial charge is 0.142 e. The molecule has 0 saturated carbocycles. The fourth-order valence-corrected chi connectivity index (χ4v) is 1.34. The third-order valence-corrected chi connectivity index (χ3v) is 2.12. The van der Waals surface area contributed by atoms with E-state index >= 15 is 0 Å². The SMILES string of the molecule is COc1cccc(C(O)CCN)c1N. The average molecular weight is 196 g/mol. The van der Waals surface area contributed by atoms with Gasteiger partial charge >= 0.3 is 0 Å². The summed E-state index contributed by atoms with van der Waals surface area (Å²) in [6.07, 6.45) is -0.118. The van der Waals surface area contributed by atoms with Crippen molar-refractivity contribution in [3.05, 3.63) is 23.8 Å². The number of nitrogen functional groups attached to an aromatic ring is 1. The standard InChI is InChI=1S/C10H16N2O2/c1-14-9-4-2-3-7(10(9)12)8(13)5-6-11/h2-4,8,13H,5-6,11-12H2,1H3. The van der Waals surface area contributed by atoms with Crippen LogP contribution < -0.4 is 16.2 Å². The summed E-state index contributed by atoms with van der Waals surface area (Å²) in [5, 5.41) is 9.71. The highest BCUT2D eigenvalue weighted by Gasteiger charge is 2.12. The number of anilines is 1. The van der Waals surface area contributed by atoms with Crippen LogP contribution in [0.25, 0.3) is 0 Å². The highest BCUT2D eigenvalue weighted by molar-refractivity contribution is 5.59. The molecular weight excluding hydrogens is 180 g/mol. The van der Waals surface area contributed by atoms with Crippen LogP contribution in [0.3, 0.4) is 0 Å². The number of aliphatic hydroxyl groups excluding tert-OH is 1. The van der Waals surface area contributed by atoms with Gasteiger partial charge in [-0.2, -0.15) is 0 Å². The summed E-state index contributed by atoms with van der Waals surface area (Å²) in [6.45, 7) is 0.428. The summed E-state index contributed by atoms with van der Waals surface area (Å²) in [5.41, 5.74) is 12.3. The number of nitrogens with two attached hydrogens (primary N) is 2. The molecule has 5 N–H and O–H groups in total. The van der Waals surface area contributed by atoms with Crippen LogP contribution in [0.4, 0.5) is 5.69 Å². The van der Waals surface area contributed by atoms with Gasteiger partial charge in [0.05, 0.1) is 18.9 Å². The van der Waals surface area contributed by atoms with Crippen molar-refractivity contribution in [2.24, 2.45) is 5.73 Å². The van der Waals surface area contributed by atoms with Gasteiger partial charge in [-0.25, -0.2) is 0 Å². The molecule has 0 aliphatic carbocycles. The van der Waals surface area contributed by atoms with Crippen molar-refractivity contribution in [2.45, 2.75) is 12.5 Å². The molecule has 0 aromatic heterocycles. The summed E-state index contributed by atoms with van der Waals surface area (Å²) in [4.78, 5) is 0. The average Bonchev–Trinajstić information content (AvgIpc) is 2.18. The quantitative estimate of drug-likeness (QED) is 0.618. The molecule has 1 aromatic carbocycles. The Kier molecular flexibility index (Phi) is 3.73. The third kappa shape index (κ3) is 2.16. The second-order valence-corrected chi connectivity index (χ2v) is 3.06. The molecule has 1 aromatic rings. The van der Waals surface area contributed by atoms with Crippen molar-refractivity contribution in [3.8, 4) is 5.75 Å². The van der Waals surface area contributed by atoms with Gasteiger partial charge < -0.3 is 21.3 Å². The molecule has 0 bridgehead atoms. The first-order valence-electron chi connectivity index (χ1n) is 4.51.